The molecular formula is C50H71NO4PPdS-. The van der Waals surface area contributed by atoms with Crippen molar-refractivity contribution >= 4 is 29.0 Å². The number of rotatable bonds is 11. The van der Waals surface area contributed by atoms with Crippen LogP contribution < -0.4 is 15.4 Å². The van der Waals surface area contributed by atoms with Gasteiger partial charge in [-0.2, -0.15) is 8.42 Å². The summed E-state index contributed by atoms with van der Waals surface area (Å²) in [5, 5.41) is 4.80. The van der Waals surface area contributed by atoms with Crippen LogP contribution in [0.4, 0.5) is 5.69 Å². The van der Waals surface area contributed by atoms with Crippen molar-refractivity contribution in [3.63, 3.8) is 0 Å². The zero-order valence-corrected chi connectivity index (χ0v) is 40.1. The molecule has 2 saturated carbocycles. The second kappa shape index (κ2) is 24.1. The van der Waals surface area contributed by atoms with Gasteiger partial charge in [-0.15, -0.1) is 35.9 Å². The minimum absolute atomic E-state index is 0. The van der Waals surface area contributed by atoms with Crippen LogP contribution in [-0.4, -0.2) is 43.7 Å². The molecule has 5 nitrogen and oxygen atoms in total. The van der Waals surface area contributed by atoms with Crippen molar-refractivity contribution in [3.05, 3.63) is 102 Å². The molecule has 2 aliphatic rings. The number of ether oxygens (including phenoxy) is 1. The monoisotopic (exact) mass is 918 g/mol. The van der Waals surface area contributed by atoms with E-state index in [4.69, 9.17) is 9.29 Å². The van der Waals surface area contributed by atoms with Crippen LogP contribution in [0.5, 0.6) is 5.75 Å². The summed E-state index contributed by atoms with van der Waals surface area (Å²) >= 11 is 0. The fraction of sp³-hybridized carbons (Fsp3) is 0.520. The molecule has 6 rings (SSSR count). The van der Waals surface area contributed by atoms with E-state index in [-0.39, 0.29) is 34.4 Å². The van der Waals surface area contributed by atoms with Gasteiger partial charge in [0.1, 0.15) is 5.75 Å². The van der Waals surface area contributed by atoms with Crippen LogP contribution in [-0.2, 0) is 30.5 Å². The minimum Gasteiger partial charge on any atom is -0.490 e. The predicted octanol–water partition coefficient (Wildman–Crippen LogP) is 14.0. The van der Waals surface area contributed by atoms with E-state index >= 15 is 0 Å². The number of hydrogen-bond acceptors (Lipinski definition) is 4. The fourth-order valence-electron chi connectivity index (χ4n) is 8.48. The van der Waals surface area contributed by atoms with Crippen LogP contribution in [0.25, 0.3) is 22.3 Å². The Balaban J connectivity index is 0.000000370. The van der Waals surface area contributed by atoms with E-state index in [1.807, 2.05) is 37.4 Å². The first kappa shape index (κ1) is 49.8. The molecular weight excluding hydrogens is 848 g/mol. The molecule has 2 fully saturated rings. The number of nitrogens with one attached hydrogen (secondary N) is 1. The van der Waals surface area contributed by atoms with Gasteiger partial charge in [0.05, 0.1) is 12.4 Å². The third kappa shape index (κ3) is 14.6. The molecule has 322 valence electrons. The van der Waals surface area contributed by atoms with Gasteiger partial charge in [0.15, 0.2) is 0 Å². The largest absolute Gasteiger partial charge is 0.490 e. The maximum Gasteiger partial charge on any atom is 0.261 e. The zero-order chi connectivity index (χ0) is 41.7. The van der Waals surface area contributed by atoms with Crippen LogP contribution in [0.15, 0.2) is 78.9 Å². The van der Waals surface area contributed by atoms with Gasteiger partial charge in [-0.3, -0.25) is 4.55 Å². The van der Waals surface area contributed by atoms with E-state index in [1.165, 1.54) is 103 Å². The van der Waals surface area contributed by atoms with Gasteiger partial charge >= 0.3 is 0 Å². The van der Waals surface area contributed by atoms with Crippen LogP contribution in [0.1, 0.15) is 154 Å². The van der Waals surface area contributed by atoms with Gasteiger partial charge < -0.3 is 10.1 Å². The van der Waals surface area contributed by atoms with Gasteiger partial charge in [-0.25, -0.2) is 0 Å². The molecule has 0 aliphatic heterocycles. The Morgan fingerprint density at radius 1 is 0.707 bits per heavy atom. The average molecular weight is 920 g/mol. The maximum absolute atomic E-state index is 9.19. The maximum atomic E-state index is 9.19. The summed E-state index contributed by atoms with van der Waals surface area (Å²) in [6.07, 6.45) is 15.1. The number of anilines is 1. The van der Waals surface area contributed by atoms with Crippen LogP contribution in [0, 0.1) is 6.07 Å². The van der Waals surface area contributed by atoms with Crippen molar-refractivity contribution in [2.24, 2.45) is 0 Å². The van der Waals surface area contributed by atoms with Crippen molar-refractivity contribution in [2.75, 3.05) is 18.6 Å². The molecule has 0 atom stereocenters. The zero-order valence-electron chi connectivity index (χ0n) is 36.9. The first-order chi connectivity index (χ1) is 27.1. The van der Waals surface area contributed by atoms with E-state index in [2.05, 4.69) is 115 Å². The molecule has 4 aromatic carbocycles. The smallest absolute Gasteiger partial charge is 0.261 e. The molecule has 8 heteroatoms. The Bertz CT molecular complexity index is 1880. The van der Waals surface area contributed by atoms with Gasteiger partial charge in [0, 0.05) is 32.8 Å². The Morgan fingerprint density at radius 2 is 1.21 bits per heavy atom. The first-order valence-electron chi connectivity index (χ1n) is 21.5. The number of para-hydroxylation sites is 1. The van der Waals surface area contributed by atoms with Crippen LogP contribution in [0.3, 0.4) is 0 Å². The molecule has 4 aromatic rings. The topological polar surface area (TPSA) is 75.6 Å². The molecule has 0 bridgehead atoms. The predicted molar refractivity (Wildman–Crippen MR) is 248 cm³/mol. The van der Waals surface area contributed by atoms with Gasteiger partial charge in [0.2, 0.25) is 0 Å². The molecule has 58 heavy (non-hydrogen) atoms. The summed E-state index contributed by atoms with van der Waals surface area (Å²) in [6.45, 7) is 18.7. The molecule has 0 radical (unpaired) electrons. The summed E-state index contributed by atoms with van der Waals surface area (Å²) in [5.74, 6) is 2.70. The molecule has 0 spiro atoms. The van der Waals surface area contributed by atoms with Gasteiger partial charge in [-0.05, 0) is 114 Å². The second-order valence-electron chi connectivity index (χ2n) is 17.2. The SMILES string of the molecule is CC(C)Oc1cccc(-c2c(C(C)C)cc(C(C)C)cc2C(C)C)c1P(C1CCCCC1)C1CCCCC1.CNc1ccccc1-c1[c-]cccc1.CS(=O)(=O)O.[Pd]. The molecule has 0 saturated heterocycles. The summed E-state index contributed by atoms with van der Waals surface area (Å²) in [6, 6.07) is 31.6. The standard InChI is InChI=1S/C36H55OP.C13H12N.CH4O3S.Pd/c1-24(2)28-22-32(25(3)4)35(33(23-28)26(5)6)31-20-15-21-34(37-27(7)8)36(31)38(29-16-11-9-12-17-29)30-18-13-10-14-19-30;1-14-13-10-6-5-9-12(13)11-7-3-2-4-8-11;1-5(2,3)4;/h15,20-27,29-30H,9-14,16-19H2,1-8H3;2-7,9-10,14H,1H3;1H3,(H,2,3,4);/q;-1;;. The van der Waals surface area contributed by atoms with E-state index < -0.39 is 10.1 Å². The molecule has 0 amide bonds. The van der Waals surface area contributed by atoms with E-state index in [1.54, 1.807) is 5.30 Å². The van der Waals surface area contributed by atoms with E-state index in [0.717, 1.165) is 22.6 Å². The molecule has 0 heterocycles. The molecule has 0 aromatic heterocycles. The quantitative estimate of drug-likeness (QED) is 0.0678. The minimum atomic E-state index is -3.67. The first-order valence-corrected chi connectivity index (χ1v) is 24.9. The normalized spacial score (nSPS) is 15.1. The van der Waals surface area contributed by atoms with Crippen LogP contribution in [0.2, 0.25) is 0 Å². The second-order valence-corrected chi connectivity index (χ2v) is 21.3. The summed E-state index contributed by atoms with van der Waals surface area (Å²) in [4.78, 5) is 0. The van der Waals surface area contributed by atoms with Crippen molar-refractivity contribution in [3.8, 4) is 28.0 Å². The summed E-state index contributed by atoms with van der Waals surface area (Å²) in [7, 11) is -2.03. The third-order valence-electron chi connectivity index (χ3n) is 11.2. The van der Waals surface area contributed by atoms with E-state index in [0.29, 0.717) is 24.0 Å². The van der Waals surface area contributed by atoms with Gasteiger partial charge in [0.25, 0.3) is 10.1 Å². The Morgan fingerprint density at radius 3 is 1.66 bits per heavy atom. The van der Waals surface area contributed by atoms with E-state index in [9.17, 15) is 8.42 Å². The number of hydrogen-bond donors (Lipinski definition) is 2. The fourth-order valence-corrected chi connectivity index (χ4v) is 12.5. The van der Waals surface area contributed by atoms with Crippen molar-refractivity contribution in [1.29, 1.82) is 0 Å². The van der Waals surface area contributed by atoms with Gasteiger partial charge in [-0.1, -0.05) is 136 Å². The molecule has 2 N–H and O–H groups in total. The molecule has 2 aliphatic carbocycles. The Labute approximate surface area is 368 Å². The van der Waals surface area contributed by atoms with Crippen molar-refractivity contribution in [2.45, 2.75) is 155 Å². The third-order valence-corrected chi connectivity index (χ3v) is 14.7. The Kier molecular flexibility index (Phi) is 20.7. The summed E-state index contributed by atoms with van der Waals surface area (Å²) < 4.78 is 32.6. The number of benzene rings is 4. The van der Waals surface area contributed by atoms with Crippen molar-refractivity contribution in [1.82, 2.24) is 0 Å². The van der Waals surface area contributed by atoms with Crippen molar-refractivity contribution < 1.29 is 38.1 Å². The Hall–Kier alpha value is -2.52. The summed E-state index contributed by atoms with van der Waals surface area (Å²) in [5.41, 5.74) is 12.7. The average Bonchev–Trinajstić information content (AvgIpc) is 3.18. The van der Waals surface area contributed by atoms with Crippen LogP contribution >= 0.6 is 7.92 Å². The molecule has 0 unspecified atom stereocenters.